The van der Waals surface area contributed by atoms with E-state index >= 15 is 0 Å². The molecule has 6 rings (SSSR count). The fourth-order valence-electron chi connectivity index (χ4n) is 7.44. The van der Waals surface area contributed by atoms with Crippen molar-refractivity contribution < 1.29 is 35.5 Å². The van der Waals surface area contributed by atoms with Crippen LogP contribution in [0.4, 0.5) is 11.4 Å². The highest BCUT2D eigenvalue weighted by Gasteiger charge is 2.38. The van der Waals surface area contributed by atoms with Crippen molar-refractivity contribution in [2.24, 2.45) is 4.99 Å². The minimum absolute atomic E-state index is 0.100. The molecule has 0 radical (unpaired) electrons. The zero-order chi connectivity index (χ0) is 34.6. The average molecular weight is 695 g/mol. The molecule has 254 valence electrons. The summed E-state index contributed by atoms with van der Waals surface area (Å²) in [5.74, 6) is -0.533. The van der Waals surface area contributed by atoms with E-state index in [2.05, 4.69) is 41.5 Å². The molecule has 0 atom stereocenters. The molecule has 0 bridgehead atoms. The van der Waals surface area contributed by atoms with Gasteiger partial charge in [0.2, 0.25) is 5.36 Å². The van der Waals surface area contributed by atoms with Crippen LogP contribution >= 0.6 is 0 Å². The molecule has 13 heteroatoms. The standard InChI is InChI=1S/C35H39N3O8S2/c1-34(2)19-25(21-47(40,41)42)26-16-30-28(18-32(26)38(34)13-8-14-46-22-39)35(3,4)27-17-31-23(15-29(27)36-30)10-7-12-37(31)20-24-9-5-6-11-33(24)48(43,44)45/h5-6,9,11,15-19,22H,7-8,10,12-14,20-21H2,1-4H3,(H-,40,41,42,43,44,45)/p+1. The van der Waals surface area contributed by atoms with Crippen molar-refractivity contribution in [1.82, 2.24) is 4.58 Å². The molecular formula is C35H40N3O8S2+. The van der Waals surface area contributed by atoms with Crippen molar-refractivity contribution >= 4 is 43.7 Å². The molecule has 0 unspecified atom stereocenters. The zero-order valence-electron chi connectivity index (χ0n) is 27.4. The van der Waals surface area contributed by atoms with Crippen LogP contribution in [0, 0.1) is 0 Å². The Kier molecular flexibility index (Phi) is 8.64. The molecule has 0 fully saturated rings. The fraction of sp³-hybridized carbons (Fsp3) is 0.400. The summed E-state index contributed by atoms with van der Waals surface area (Å²) in [6.07, 6.45) is 4.11. The van der Waals surface area contributed by atoms with Gasteiger partial charge in [0.05, 0.1) is 23.2 Å². The second kappa shape index (κ2) is 12.2. The first-order valence-electron chi connectivity index (χ1n) is 15.9. The molecule has 0 saturated carbocycles. The number of benzene rings is 3. The lowest BCUT2D eigenvalue weighted by Gasteiger charge is -2.45. The lowest BCUT2D eigenvalue weighted by Crippen LogP contribution is -2.46. The van der Waals surface area contributed by atoms with E-state index in [1.807, 2.05) is 26.0 Å². The Morgan fingerprint density at radius 3 is 2.48 bits per heavy atom. The summed E-state index contributed by atoms with van der Waals surface area (Å²) in [5, 5.41) is 1.80. The predicted molar refractivity (Wildman–Crippen MR) is 182 cm³/mol. The Balaban J connectivity index is 1.52. The van der Waals surface area contributed by atoms with Gasteiger partial charge in [0, 0.05) is 46.8 Å². The van der Waals surface area contributed by atoms with Gasteiger partial charge >= 0.3 is 0 Å². The van der Waals surface area contributed by atoms with Gasteiger partial charge in [0.25, 0.3) is 26.7 Å². The van der Waals surface area contributed by atoms with E-state index in [4.69, 9.17) is 9.73 Å². The normalized spacial score (nSPS) is 17.7. The van der Waals surface area contributed by atoms with Crippen LogP contribution < -0.4 is 20.2 Å². The Bertz CT molecular complexity index is 2210. The molecule has 3 aromatic carbocycles. The van der Waals surface area contributed by atoms with Crippen molar-refractivity contribution in [2.75, 3.05) is 30.3 Å². The SMILES string of the molecule is CC1(C)c2cc3c(cc2N=c2cc4c(cc21)=[N+](Cc1ccccc1S(=O)(=O)O)CCC4)C(CS(=O)(=O)O)=CC(C)(C)N3CCCOC=O. The molecule has 0 aliphatic carbocycles. The number of nitrogens with zero attached hydrogens (tertiary/aromatic N) is 3. The molecule has 3 aromatic rings. The average Bonchev–Trinajstić information content (AvgIpc) is 2.98. The van der Waals surface area contributed by atoms with E-state index in [0.717, 1.165) is 45.9 Å². The summed E-state index contributed by atoms with van der Waals surface area (Å²) in [5.41, 5.74) is 5.08. The van der Waals surface area contributed by atoms with Crippen LogP contribution in [-0.4, -0.2) is 63.4 Å². The van der Waals surface area contributed by atoms with Crippen LogP contribution in [0.15, 0.2) is 64.5 Å². The van der Waals surface area contributed by atoms with Gasteiger partial charge < -0.3 is 9.64 Å². The highest BCUT2D eigenvalue weighted by atomic mass is 32.2. The number of anilines is 1. The van der Waals surface area contributed by atoms with E-state index in [1.54, 1.807) is 18.2 Å². The molecule has 0 aromatic heterocycles. The number of rotatable bonds is 10. The van der Waals surface area contributed by atoms with Crippen LogP contribution in [0.3, 0.4) is 0 Å². The monoisotopic (exact) mass is 694 g/mol. The minimum atomic E-state index is -4.39. The Morgan fingerprint density at radius 1 is 1.02 bits per heavy atom. The first-order valence-corrected chi connectivity index (χ1v) is 18.9. The Hall–Kier alpha value is -3.91. The third kappa shape index (κ3) is 6.43. The van der Waals surface area contributed by atoms with Crippen molar-refractivity contribution in [3.63, 3.8) is 0 Å². The third-order valence-electron chi connectivity index (χ3n) is 9.63. The number of fused-ring (bicyclic) bond motifs is 4. The molecule has 3 aliphatic heterocycles. The maximum atomic E-state index is 12.1. The zero-order valence-corrected chi connectivity index (χ0v) is 29.1. The topological polar surface area (TPSA) is 154 Å². The van der Waals surface area contributed by atoms with E-state index < -0.39 is 36.9 Å². The van der Waals surface area contributed by atoms with Crippen LogP contribution in [0.2, 0.25) is 0 Å². The minimum Gasteiger partial charge on any atom is -0.468 e. The van der Waals surface area contributed by atoms with Gasteiger partial charge in [0.1, 0.15) is 17.2 Å². The number of aryl methyl sites for hydroxylation is 1. The summed E-state index contributed by atoms with van der Waals surface area (Å²) >= 11 is 0. The van der Waals surface area contributed by atoms with E-state index in [1.165, 1.54) is 6.07 Å². The number of hydrogen-bond acceptors (Lipinski definition) is 8. The maximum absolute atomic E-state index is 12.1. The van der Waals surface area contributed by atoms with Gasteiger partial charge in [-0.05, 0) is 67.7 Å². The van der Waals surface area contributed by atoms with Crippen LogP contribution in [0.5, 0.6) is 0 Å². The highest BCUT2D eigenvalue weighted by Crippen LogP contribution is 2.47. The molecule has 0 spiro atoms. The second-order valence-electron chi connectivity index (χ2n) is 13.8. The third-order valence-corrected chi connectivity index (χ3v) is 11.3. The quantitative estimate of drug-likeness (QED) is 0.140. The van der Waals surface area contributed by atoms with Gasteiger partial charge in [-0.1, -0.05) is 38.1 Å². The van der Waals surface area contributed by atoms with Gasteiger partial charge in [0.15, 0.2) is 6.54 Å². The number of carbonyl (C=O) groups is 1. The highest BCUT2D eigenvalue weighted by molar-refractivity contribution is 7.86. The first-order chi connectivity index (χ1) is 22.5. The second-order valence-corrected chi connectivity index (χ2v) is 16.6. The molecule has 11 nitrogen and oxygen atoms in total. The van der Waals surface area contributed by atoms with Gasteiger partial charge in [-0.2, -0.15) is 16.8 Å². The molecule has 3 heterocycles. The number of hydrogen-bond donors (Lipinski definition) is 2. The summed E-state index contributed by atoms with van der Waals surface area (Å²) in [6, 6.07) is 14.7. The smallest absolute Gasteiger partial charge is 0.295 e. The fourth-order valence-corrected chi connectivity index (χ4v) is 8.79. The van der Waals surface area contributed by atoms with Crippen molar-refractivity contribution in [3.05, 3.63) is 93.1 Å². The summed E-state index contributed by atoms with van der Waals surface area (Å²) in [4.78, 5) is 17.9. The summed E-state index contributed by atoms with van der Waals surface area (Å²) < 4.78 is 75.4. The van der Waals surface area contributed by atoms with E-state index in [0.29, 0.717) is 54.9 Å². The Labute approximate surface area is 280 Å². The van der Waals surface area contributed by atoms with E-state index in [9.17, 15) is 30.7 Å². The van der Waals surface area contributed by atoms with Gasteiger partial charge in [-0.3, -0.25) is 13.9 Å². The van der Waals surface area contributed by atoms with Gasteiger partial charge in [-0.25, -0.2) is 9.57 Å². The molecule has 2 N–H and O–H groups in total. The molecule has 3 aliphatic rings. The van der Waals surface area contributed by atoms with Crippen molar-refractivity contribution in [3.8, 4) is 0 Å². The first kappa shape index (κ1) is 34.0. The lowest BCUT2D eigenvalue weighted by molar-refractivity contribution is -0.128. The molecule has 0 amide bonds. The largest absolute Gasteiger partial charge is 0.468 e. The maximum Gasteiger partial charge on any atom is 0.295 e. The predicted octanol–water partition coefficient (Wildman–Crippen LogP) is 3.59. The summed E-state index contributed by atoms with van der Waals surface area (Å²) in [7, 11) is -8.72. The molecule has 0 saturated heterocycles. The van der Waals surface area contributed by atoms with Gasteiger partial charge in [-0.15, -0.1) is 0 Å². The van der Waals surface area contributed by atoms with Crippen molar-refractivity contribution in [2.45, 2.75) is 69.4 Å². The lowest BCUT2D eigenvalue weighted by atomic mass is 9.73. The van der Waals surface area contributed by atoms with Crippen LogP contribution in [0.1, 0.15) is 68.4 Å². The van der Waals surface area contributed by atoms with Crippen LogP contribution in [0.25, 0.3) is 5.57 Å². The van der Waals surface area contributed by atoms with Crippen molar-refractivity contribution in [1.29, 1.82) is 0 Å². The number of carbonyl (C=O) groups excluding carboxylic acids is 1. The van der Waals surface area contributed by atoms with E-state index in [-0.39, 0.29) is 11.5 Å². The summed E-state index contributed by atoms with van der Waals surface area (Å²) in [6.45, 7) is 10.4. The van der Waals surface area contributed by atoms with Crippen LogP contribution in [-0.2, 0) is 48.1 Å². The Morgan fingerprint density at radius 2 is 1.77 bits per heavy atom. The molecular weight excluding hydrogens is 655 g/mol. The number of ether oxygens (including phenoxy) is 1. The molecule has 48 heavy (non-hydrogen) atoms.